The molecule has 0 aliphatic carbocycles. The molecule has 0 spiro atoms. The fourth-order valence-electron chi connectivity index (χ4n) is 2.79. The summed E-state index contributed by atoms with van der Waals surface area (Å²) in [7, 11) is 1.63. The maximum atomic E-state index is 12.4. The van der Waals surface area contributed by atoms with Crippen molar-refractivity contribution in [1.29, 1.82) is 0 Å². The first kappa shape index (κ1) is 13.9. The maximum absolute atomic E-state index is 12.4. The van der Waals surface area contributed by atoms with Crippen LogP contribution in [0.1, 0.15) is 19.3 Å². The highest BCUT2D eigenvalue weighted by Gasteiger charge is 2.16. The zero-order chi connectivity index (χ0) is 14.8. The predicted molar refractivity (Wildman–Crippen MR) is 77.2 cm³/mol. The Morgan fingerprint density at radius 2 is 2.10 bits per heavy atom. The minimum absolute atomic E-state index is 0.305. The van der Waals surface area contributed by atoms with E-state index in [1.165, 1.54) is 21.7 Å². The molecule has 3 rings (SSSR count). The van der Waals surface area contributed by atoms with Crippen LogP contribution in [0, 0.1) is 5.92 Å². The van der Waals surface area contributed by atoms with Crippen LogP contribution in [0.2, 0.25) is 0 Å². The van der Waals surface area contributed by atoms with Crippen molar-refractivity contribution in [2.75, 3.05) is 13.2 Å². The molecule has 2 aromatic heterocycles. The number of aryl methyl sites for hydroxylation is 1. The molecular formula is C14H18N4O3. The summed E-state index contributed by atoms with van der Waals surface area (Å²) in [6, 6.07) is 0. The molecule has 0 amide bonds. The van der Waals surface area contributed by atoms with Gasteiger partial charge in [-0.3, -0.25) is 13.9 Å². The number of nitrogens with zero attached hydrogens (tertiary/aromatic N) is 4. The van der Waals surface area contributed by atoms with Gasteiger partial charge in [0, 0.05) is 33.0 Å². The lowest BCUT2D eigenvalue weighted by Crippen LogP contribution is -2.40. The molecule has 3 heterocycles. The van der Waals surface area contributed by atoms with Crippen molar-refractivity contribution in [2.45, 2.75) is 25.8 Å². The summed E-state index contributed by atoms with van der Waals surface area (Å²) in [4.78, 5) is 32.6. The molecule has 1 fully saturated rings. The van der Waals surface area contributed by atoms with Gasteiger partial charge >= 0.3 is 5.69 Å². The average molecular weight is 290 g/mol. The van der Waals surface area contributed by atoms with E-state index in [-0.39, 0.29) is 11.2 Å². The third-order valence-corrected chi connectivity index (χ3v) is 4.10. The molecule has 0 saturated carbocycles. The molecule has 0 unspecified atom stereocenters. The van der Waals surface area contributed by atoms with E-state index >= 15 is 0 Å². The van der Waals surface area contributed by atoms with Gasteiger partial charge in [-0.1, -0.05) is 0 Å². The minimum atomic E-state index is -0.321. The van der Waals surface area contributed by atoms with Crippen LogP contribution in [0.15, 0.2) is 22.1 Å². The van der Waals surface area contributed by atoms with E-state index in [9.17, 15) is 9.59 Å². The second kappa shape index (κ2) is 5.77. The van der Waals surface area contributed by atoms with Crippen molar-refractivity contribution in [2.24, 2.45) is 13.0 Å². The van der Waals surface area contributed by atoms with Crippen LogP contribution in [0.25, 0.3) is 11.0 Å². The van der Waals surface area contributed by atoms with E-state index in [0.717, 1.165) is 32.5 Å². The number of fused-ring (bicyclic) bond motifs is 1. The van der Waals surface area contributed by atoms with Gasteiger partial charge in [-0.25, -0.2) is 14.8 Å². The molecule has 0 bridgehead atoms. The Balaban J connectivity index is 1.94. The summed E-state index contributed by atoms with van der Waals surface area (Å²) < 4.78 is 8.02. The van der Waals surface area contributed by atoms with Gasteiger partial charge < -0.3 is 4.74 Å². The highest BCUT2D eigenvalue weighted by atomic mass is 16.5. The van der Waals surface area contributed by atoms with Gasteiger partial charge in [0.05, 0.1) is 0 Å². The van der Waals surface area contributed by atoms with E-state index < -0.39 is 0 Å². The molecule has 1 aliphatic heterocycles. The maximum Gasteiger partial charge on any atom is 0.332 e. The summed E-state index contributed by atoms with van der Waals surface area (Å²) in [5, 5.41) is 0.381. The average Bonchev–Trinajstić information content (AvgIpc) is 2.54. The monoisotopic (exact) mass is 290 g/mol. The van der Waals surface area contributed by atoms with Crippen molar-refractivity contribution in [1.82, 2.24) is 19.1 Å². The topological polar surface area (TPSA) is 79.0 Å². The number of hydrogen-bond donors (Lipinski definition) is 0. The van der Waals surface area contributed by atoms with Crippen LogP contribution in [-0.4, -0.2) is 32.3 Å². The lowest BCUT2D eigenvalue weighted by Gasteiger charge is -2.22. The van der Waals surface area contributed by atoms with Crippen molar-refractivity contribution in [3.63, 3.8) is 0 Å². The van der Waals surface area contributed by atoms with E-state index in [0.29, 0.717) is 23.5 Å². The highest BCUT2D eigenvalue weighted by molar-refractivity contribution is 5.72. The van der Waals surface area contributed by atoms with Crippen LogP contribution in [0.3, 0.4) is 0 Å². The first-order chi connectivity index (χ1) is 10.2. The fourth-order valence-corrected chi connectivity index (χ4v) is 2.79. The van der Waals surface area contributed by atoms with Crippen LogP contribution in [0.4, 0.5) is 0 Å². The van der Waals surface area contributed by atoms with Crippen LogP contribution in [0.5, 0.6) is 0 Å². The Bertz CT molecular complexity index is 759. The zero-order valence-electron chi connectivity index (χ0n) is 12.0. The van der Waals surface area contributed by atoms with E-state index in [1.54, 1.807) is 7.05 Å². The van der Waals surface area contributed by atoms with Crippen molar-refractivity contribution < 1.29 is 4.74 Å². The van der Waals surface area contributed by atoms with E-state index in [1.807, 2.05) is 0 Å². The van der Waals surface area contributed by atoms with Gasteiger partial charge in [-0.2, -0.15) is 0 Å². The standard InChI is InChI=1S/C14H18N4O3/c1-17-12-11(8-15-9-16-12)13(19)18(14(17)20)5-2-10-3-6-21-7-4-10/h8-10H,2-7H2,1H3. The Kier molecular flexibility index (Phi) is 3.83. The highest BCUT2D eigenvalue weighted by Crippen LogP contribution is 2.18. The van der Waals surface area contributed by atoms with Crippen LogP contribution >= 0.6 is 0 Å². The molecular weight excluding hydrogens is 272 g/mol. The van der Waals surface area contributed by atoms with Gasteiger partial charge in [-0.15, -0.1) is 0 Å². The summed E-state index contributed by atoms with van der Waals surface area (Å²) in [5.41, 5.74) is -0.249. The normalized spacial score (nSPS) is 16.4. The van der Waals surface area contributed by atoms with E-state index in [4.69, 9.17) is 4.74 Å². The summed E-state index contributed by atoms with van der Waals surface area (Å²) in [5.74, 6) is 0.512. The third kappa shape index (κ3) is 2.61. The Labute approximate surface area is 121 Å². The molecule has 0 aromatic carbocycles. The first-order valence-corrected chi connectivity index (χ1v) is 7.16. The lowest BCUT2D eigenvalue weighted by molar-refractivity contribution is 0.0624. The summed E-state index contributed by atoms with van der Waals surface area (Å²) in [6.07, 6.45) is 5.61. The van der Waals surface area contributed by atoms with Crippen molar-refractivity contribution in [3.8, 4) is 0 Å². The van der Waals surface area contributed by atoms with Crippen molar-refractivity contribution in [3.05, 3.63) is 33.4 Å². The quantitative estimate of drug-likeness (QED) is 0.812. The number of aromatic nitrogens is 4. The molecule has 0 atom stereocenters. The number of ether oxygens (including phenoxy) is 1. The molecule has 21 heavy (non-hydrogen) atoms. The number of rotatable bonds is 3. The summed E-state index contributed by atoms with van der Waals surface area (Å²) >= 11 is 0. The third-order valence-electron chi connectivity index (χ3n) is 4.10. The Hall–Kier alpha value is -2.02. The zero-order valence-corrected chi connectivity index (χ0v) is 12.0. The minimum Gasteiger partial charge on any atom is -0.381 e. The molecule has 112 valence electrons. The fraction of sp³-hybridized carbons (Fsp3) is 0.571. The molecule has 1 saturated heterocycles. The molecule has 7 nitrogen and oxygen atoms in total. The van der Waals surface area contributed by atoms with E-state index in [2.05, 4.69) is 9.97 Å². The largest absolute Gasteiger partial charge is 0.381 e. The SMILES string of the molecule is Cn1c(=O)n(CCC2CCOCC2)c(=O)c2cncnc21. The second-order valence-electron chi connectivity index (χ2n) is 5.40. The van der Waals surface area contributed by atoms with Crippen LogP contribution < -0.4 is 11.2 Å². The summed E-state index contributed by atoms with van der Waals surface area (Å²) in [6.45, 7) is 1.97. The smallest absolute Gasteiger partial charge is 0.332 e. The van der Waals surface area contributed by atoms with Gasteiger partial charge in [-0.05, 0) is 25.2 Å². The molecule has 0 radical (unpaired) electrons. The second-order valence-corrected chi connectivity index (χ2v) is 5.40. The van der Waals surface area contributed by atoms with Crippen molar-refractivity contribution >= 4 is 11.0 Å². The first-order valence-electron chi connectivity index (χ1n) is 7.16. The lowest BCUT2D eigenvalue weighted by atomic mass is 9.97. The van der Waals surface area contributed by atoms with Gasteiger partial charge in [0.15, 0.2) is 5.65 Å². The predicted octanol–water partition coefficient (Wildman–Crippen LogP) is 0.307. The molecule has 0 N–H and O–H groups in total. The molecule has 2 aromatic rings. The van der Waals surface area contributed by atoms with Gasteiger partial charge in [0.1, 0.15) is 11.7 Å². The molecule has 1 aliphatic rings. The van der Waals surface area contributed by atoms with Gasteiger partial charge in [0.2, 0.25) is 0 Å². The Morgan fingerprint density at radius 3 is 2.86 bits per heavy atom. The van der Waals surface area contributed by atoms with Gasteiger partial charge in [0.25, 0.3) is 5.56 Å². The molecule has 7 heteroatoms. The Morgan fingerprint density at radius 1 is 1.33 bits per heavy atom. The van der Waals surface area contributed by atoms with Crippen LogP contribution in [-0.2, 0) is 18.3 Å². The number of hydrogen-bond acceptors (Lipinski definition) is 5.